The maximum Gasteiger partial charge on any atom is 0.326 e. The SMILES string of the molecule is NCCCCC(NC(=O)C1CCCN1)C(=O)NC(CCCN=C(N)N)C(=O)NC(CC(N)=O)C(=O)O. The Kier molecular flexibility index (Phi) is 13.8. The van der Waals surface area contributed by atoms with E-state index in [4.69, 9.17) is 22.9 Å². The lowest BCUT2D eigenvalue weighted by atomic mass is 10.0. The van der Waals surface area contributed by atoms with Gasteiger partial charge < -0.3 is 49.3 Å². The van der Waals surface area contributed by atoms with Crippen molar-refractivity contribution in [3.05, 3.63) is 0 Å². The first-order valence-corrected chi connectivity index (χ1v) is 12.0. The fourth-order valence-corrected chi connectivity index (χ4v) is 3.66. The number of unbranched alkanes of at least 4 members (excludes halogenated alkanes) is 1. The van der Waals surface area contributed by atoms with Gasteiger partial charge >= 0.3 is 5.97 Å². The average Bonchev–Trinajstić information content (AvgIpc) is 3.34. The fourth-order valence-electron chi connectivity index (χ4n) is 3.66. The van der Waals surface area contributed by atoms with Gasteiger partial charge in [0.2, 0.25) is 23.6 Å². The first-order valence-electron chi connectivity index (χ1n) is 12.0. The molecule has 0 bridgehead atoms. The normalized spacial score (nSPS) is 17.3. The molecule has 4 amide bonds. The fraction of sp³-hybridized carbons (Fsp3) is 0.714. The zero-order valence-electron chi connectivity index (χ0n) is 20.3. The summed E-state index contributed by atoms with van der Waals surface area (Å²) in [5.41, 5.74) is 21.2. The largest absolute Gasteiger partial charge is 0.480 e. The van der Waals surface area contributed by atoms with Crippen molar-refractivity contribution in [2.75, 3.05) is 19.6 Å². The highest BCUT2D eigenvalue weighted by Crippen LogP contribution is 2.09. The Morgan fingerprint density at radius 3 is 2.06 bits per heavy atom. The van der Waals surface area contributed by atoms with Crippen molar-refractivity contribution in [3.8, 4) is 0 Å². The number of carbonyl (C=O) groups is 5. The molecule has 15 nitrogen and oxygen atoms in total. The first-order chi connectivity index (χ1) is 17.0. The Balaban J connectivity index is 2.97. The minimum absolute atomic E-state index is 0.0604. The van der Waals surface area contributed by atoms with E-state index >= 15 is 0 Å². The van der Waals surface area contributed by atoms with E-state index in [1.165, 1.54) is 0 Å². The number of aliphatic imine (C=N–C) groups is 1. The smallest absolute Gasteiger partial charge is 0.326 e. The highest BCUT2D eigenvalue weighted by atomic mass is 16.4. The van der Waals surface area contributed by atoms with Gasteiger partial charge in [0.25, 0.3) is 0 Å². The van der Waals surface area contributed by atoms with Crippen molar-refractivity contribution in [2.24, 2.45) is 27.9 Å². The van der Waals surface area contributed by atoms with Gasteiger partial charge in [-0.1, -0.05) is 0 Å². The van der Waals surface area contributed by atoms with E-state index in [1.54, 1.807) is 0 Å². The monoisotopic (exact) mass is 513 g/mol. The molecule has 204 valence electrons. The number of primary amides is 1. The number of carbonyl (C=O) groups excluding carboxylic acids is 4. The van der Waals surface area contributed by atoms with E-state index in [0.29, 0.717) is 38.8 Å². The summed E-state index contributed by atoms with van der Waals surface area (Å²) in [6.45, 7) is 1.28. The Morgan fingerprint density at radius 2 is 1.53 bits per heavy atom. The zero-order chi connectivity index (χ0) is 27.1. The number of hydrogen-bond acceptors (Lipinski definition) is 8. The lowest BCUT2D eigenvalue weighted by Gasteiger charge is -2.25. The van der Waals surface area contributed by atoms with E-state index < -0.39 is 54.3 Å². The molecule has 0 aliphatic carbocycles. The van der Waals surface area contributed by atoms with Gasteiger partial charge in [0.15, 0.2) is 5.96 Å². The highest BCUT2D eigenvalue weighted by Gasteiger charge is 2.31. The Hall–Kier alpha value is -3.46. The summed E-state index contributed by atoms with van der Waals surface area (Å²) in [5.74, 6) is -4.27. The van der Waals surface area contributed by atoms with Crippen LogP contribution in [0.25, 0.3) is 0 Å². The number of guanidine groups is 1. The number of carboxylic acids is 1. The van der Waals surface area contributed by atoms with E-state index in [1.807, 2.05) is 0 Å². The third kappa shape index (κ3) is 11.8. The summed E-state index contributed by atoms with van der Waals surface area (Å²) in [6.07, 6.45) is 2.70. The summed E-state index contributed by atoms with van der Waals surface area (Å²) >= 11 is 0. The molecule has 1 heterocycles. The van der Waals surface area contributed by atoms with Crippen LogP contribution in [0.1, 0.15) is 51.4 Å². The molecule has 1 fully saturated rings. The van der Waals surface area contributed by atoms with E-state index in [0.717, 1.165) is 6.42 Å². The molecule has 36 heavy (non-hydrogen) atoms. The number of rotatable bonds is 17. The molecule has 0 spiro atoms. The molecule has 0 aromatic carbocycles. The molecule has 13 N–H and O–H groups in total. The van der Waals surface area contributed by atoms with Gasteiger partial charge in [-0.15, -0.1) is 0 Å². The summed E-state index contributed by atoms with van der Waals surface area (Å²) in [7, 11) is 0. The minimum Gasteiger partial charge on any atom is -0.480 e. The van der Waals surface area contributed by atoms with Crippen LogP contribution >= 0.6 is 0 Å². The summed E-state index contributed by atoms with van der Waals surface area (Å²) < 4.78 is 0. The zero-order valence-corrected chi connectivity index (χ0v) is 20.3. The molecule has 0 aromatic rings. The second kappa shape index (κ2) is 16.3. The van der Waals surface area contributed by atoms with E-state index in [2.05, 4.69) is 26.3 Å². The molecule has 1 saturated heterocycles. The Morgan fingerprint density at radius 1 is 0.917 bits per heavy atom. The number of nitrogens with zero attached hydrogens (tertiary/aromatic N) is 1. The maximum atomic E-state index is 13.1. The third-order valence-corrected chi connectivity index (χ3v) is 5.55. The molecule has 0 aromatic heterocycles. The quantitative estimate of drug-likeness (QED) is 0.0522. The van der Waals surface area contributed by atoms with Crippen molar-refractivity contribution < 1.29 is 29.1 Å². The van der Waals surface area contributed by atoms with E-state index in [9.17, 15) is 29.1 Å². The number of hydrogen-bond donors (Lipinski definition) is 9. The molecule has 0 saturated carbocycles. The number of amides is 4. The predicted octanol–water partition coefficient (Wildman–Crippen LogP) is -3.66. The number of nitrogens with two attached hydrogens (primary N) is 4. The Labute approximate surface area is 209 Å². The van der Waals surface area contributed by atoms with Crippen molar-refractivity contribution in [3.63, 3.8) is 0 Å². The van der Waals surface area contributed by atoms with Gasteiger partial charge in [-0.2, -0.15) is 0 Å². The average molecular weight is 514 g/mol. The van der Waals surface area contributed by atoms with Gasteiger partial charge in [0.05, 0.1) is 12.5 Å². The van der Waals surface area contributed by atoms with Crippen molar-refractivity contribution >= 4 is 35.6 Å². The van der Waals surface area contributed by atoms with Gasteiger partial charge in [0.1, 0.15) is 18.1 Å². The topological polar surface area (TPSA) is 270 Å². The summed E-state index contributed by atoms with van der Waals surface area (Å²) in [4.78, 5) is 65.1. The molecule has 0 radical (unpaired) electrons. The third-order valence-electron chi connectivity index (χ3n) is 5.55. The van der Waals surface area contributed by atoms with Gasteiger partial charge in [-0.05, 0) is 58.0 Å². The van der Waals surface area contributed by atoms with E-state index in [-0.39, 0.29) is 31.3 Å². The van der Waals surface area contributed by atoms with Crippen molar-refractivity contribution in [2.45, 2.75) is 75.5 Å². The van der Waals surface area contributed by atoms with Crippen LogP contribution < -0.4 is 44.2 Å². The van der Waals surface area contributed by atoms with Crippen LogP contribution in [0.2, 0.25) is 0 Å². The van der Waals surface area contributed by atoms with Gasteiger partial charge in [-0.3, -0.25) is 24.2 Å². The van der Waals surface area contributed by atoms with Crippen LogP contribution in [-0.2, 0) is 24.0 Å². The molecule has 4 atom stereocenters. The lowest BCUT2D eigenvalue weighted by Crippen LogP contribution is -2.57. The van der Waals surface area contributed by atoms with Gasteiger partial charge in [0, 0.05) is 6.54 Å². The maximum absolute atomic E-state index is 13.1. The summed E-state index contributed by atoms with van der Waals surface area (Å²) in [5, 5.41) is 19.9. The minimum atomic E-state index is -1.57. The molecular weight excluding hydrogens is 474 g/mol. The molecule has 1 aliphatic heterocycles. The van der Waals surface area contributed by atoms with Crippen LogP contribution in [0.5, 0.6) is 0 Å². The number of nitrogens with one attached hydrogen (secondary N) is 4. The Bertz CT molecular complexity index is 797. The molecule has 1 rings (SSSR count). The number of aliphatic carboxylic acids is 1. The molecule has 15 heteroatoms. The van der Waals surface area contributed by atoms with Crippen LogP contribution in [0.15, 0.2) is 4.99 Å². The molecular formula is C21H39N9O6. The van der Waals surface area contributed by atoms with Gasteiger partial charge in [-0.25, -0.2) is 4.79 Å². The van der Waals surface area contributed by atoms with Crippen molar-refractivity contribution in [1.82, 2.24) is 21.3 Å². The van der Waals surface area contributed by atoms with Crippen LogP contribution in [-0.4, -0.2) is 84.5 Å². The number of carboxylic acid groups (broad SMARTS) is 1. The van der Waals surface area contributed by atoms with Crippen molar-refractivity contribution in [1.29, 1.82) is 0 Å². The molecule has 1 aliphatic rings. The standard InChI is InChI=1S/C21H39N9O6/c22-8-2-1-5-13(28-17(32)12-6-3-9-26-12)18(33)29-14(7-4-10-27-21(24)25)19(34)30-15(20(35)36)11-16(23)31/h12-15,26H,1-11,22H2,(H2,23,31)(H,28,32)(H,29,33)(H,30,34)(H,35,36)(H4,24,25,27). The van der Waals surface area contributed by atoms with Crippen LogP contribution in [0.3, 0.4) is 0 Å². The summed E-state index contributed by atoms with van der Waals surface area (Å²) in [6, 6.07) is -4.08. The van der Waals surface area contributed by atoms with Crippen LogP contribution in [0, 0.1) is 0 Å². The van der Waals surface area contributed by atoms with Crippen LogP contribution in [0.4, 0.5) is 0 Å². The second-order valence-corrected chi connectivity index (χ2v) is 8.57. The predicted molar refractivity (Wildman–Crippen MR) is 131 cm³/mol. The molecule has 4 unspecified atom stereocenters. The lowest BCUT2D eigenvalue weighted by molar-refractivity contribution is -0.143. The second-order valence-electron chi connectivity index (χ2n) is 8.57. The highest BCUT2D eigenvalue weighted by molar-refractivity contribution is 5.94. The first kappa shape index (κ1) is 30.6.